The molecule has 2 heteroatoms. The molecule has 1 aliphatic rings. The Morgan fingerprint density at radius 3 is 2.70 bits per heavy atom. The van der Waals surface area contributed by atoms with Crippen molar-refractivity contribution in [2.75, 3.05) is 0 Å². The van der Waals surface area contributed by atoms with Gasteiger partial charge in [0.25, 0.3) is 0 Å². The molecule has 0 bridgehead atoms. The highest BCUT2D eigenvalue weighted by molar-refractivity contribution is 7.19. The molecule has 0 radical (unpaired) electrons. The molecule has 1 aliphatic carbocycles. The van der Waals surface area contributed by atoms with E-state index in [9.17, 15) is 0 Å². The number of hydrogen-bond acceptors (Lipinski definition) is 2. The fraction of sp³-hybridized carbons (Fsp3) is 0.190. The number of rotatable bonds is 1. The van der Waals surface area contributed by atoms with Gasteiger partial charge in [-0.15, -0.1) is 11.3 Å². The van der Waals surface area contributed by atoms with Crippen molar-refractivity contribution in [2.24, 2.45) is 0 Å². The molecule has 23 heavy (non-hydrogen) atoms. The fourth-order valence-corrected chi connectivity index (χ4v) is 5.13. The van der Waals surface area contributed by atoms with Crippen LogP contribution in [0.2, 0.25) is 0 Å². The van der Waals surface area contributed by atoms with Crippen molar-refractivity contribution < 1.29 is 0 Å². The molecule has 0 spiro atoms. The number of pyridine rings is 1. The summed E-state index contributed by atoms with van der Waals surface area (Å²) in [4.78, 5) is 6.34. The predicted molar refractivity (Wildman–Crippen MR) is 99.2 cm³/mol. The first-order chi connectivity index (χ1) is 11.4. The van der Waals surface area contributed by atoms with Gasteiger partial charge in [-0.25, -0.2) is 0 Å². The number of hydrogen-bond donors (Lipinski definition) is 0. The van der Waals surface area contributed by atoms with E-state index in [4.69, 9.17) is 4.98 Å². The third kappa shape index (κ3) is 2.09. The van der Waals surface area contributed by atoms with Gasteiger partial charge in [0.1, 0.15) is 0 Å². The molecule has 0 fully saturated rings. The highest BCUT2D eigenvalue weighted by atomic mass is 32.1. The number of thiophene rings is 1. The van der Waals surface area contributed by atoms with Crippen LogP contribution in [-0.2, 0) is 12.8 Å². The van der Waals surface area contributed by atoms with Crippen LogP contribution in [0.4, 0.5) is 0 Å². The summed E-state index contributed by atoms with van der Waals surface area (Å²) in [5.74, 6) is 0. The summed E-state index contributed by atoms with van der Waals surface area (Å²) in [5.41, 5.74) is 3.97. The van der Waals surface area contributed by atoms with E-state index in [2.05, 4.69) is 48.5 Å². The van der Waals surface area contributed by atoms with Crippen molar-refractivity contribution in [3.8, 4) is 11.3 Å². The average Bonchev–Trinajstić information content (AvgIpc) is 3.00. The van der Waals surface area contributed by atoms with Crippen molar-refractivity contribution in [3.05, 3.63) is 65.2 Å². The summed E-state index contributed by atoms with van der Waals surface area (Å²) in [6, 6.07) is 17.4. The molecule has 112 valence electrons. The lowest BCUT2D eigenvalue weighted by Gasteiger charge is -2.10. The summed E-state index contributed by atoms with van der Waals surface area (Å²) in [6.07, 6.45) is 7.15. The molecule has 0 N–H and O–H groups in total. The van der Waals surface area contributed by atoms with Crippen LogP contribution in [0.25, 0.3) is 32.1 Å². The van der Waals surface area contributed by atoms with E-state index >= 15 is 0 Å². The second-order valence-electron chi connectivity index (χ2n) is 6.31. The predicted octanol–water partition coefficient (Wildman–Crippen LogP) is 6.00. The van der Waals surface area contributed by atoms with Gasteiger partial charge in [-0.2, -0.15) is 0 Å². The van der Waals surface area contributed by atoms with Gasteiger partial charge < -0.3 is 0 Å². The smallest absolute Gasteiger partial charge is 0.0722 e. The van der Waals surface area contributed by atoms with Crippen LogP contribution < -0.4 is 0 Å². The second-order valence-corrected chi connectivity index (χ2v) is 7.42. The van der Waals surface area contributed by atoms with E-state index < -0.39 is 0 Å². The van der Waals surface area contributed by atoms with Crippen LogP contribution in [0.3, 0.4) is 0 Å². The molecule has 2 aromatic carbocycles. The molecule has 0 amide bonds. The number of fused-ring (bicyclic) bond motifs is 4. The maximum atomic E-state index is 4.74. The highest BCUT2D eigenvalue weighted by Crippen LogP contribution is 2.41. The topological polar surface area (TPSA) is 12.9 Å². The van der Waals surface area contributed by atoms with E-state index in [0.29, 0.717) is 0 Å². The monoisotopic (exact) mass is 315 g/mol. The minimum Gasteiger partial charge on any atom is -0.256 e. The van der Waals surface area contributed by atoms with Crippen molar-refractivity contribution in [3.63, 3.8) is 0 Å². The summed E-state index contributed by atoms with van der Waals surface area (Å²) < 4.78 is 1.42. The summed E-state index contributed by atoms with van der Waals surface area (Å²) >= 11 is 1.99. The van der Waals surface area contributed by atoms with Crippen LogP contribution in [0.15, 0.2) is 54.7 Å². The van der Waals surface area contributed by atoms with Gasteiger partial charge in [0.2, 0.25) is 0 Å². The van der Waals surface area contributed by atoms with Crippen molar-refractivity contribution in [2.45, 2.75) is 25.7 Å². The van der Waals surface area contributed by atoms with Gasteiger partial charge in [-0.3, -0.25) is 4.98 Å². The zero-order chi connectivity index (χ0) is 15.2. The van der Waals surface area contributed by atoms with Crippen molar-refractivity contribution >= 4 is 32.2 Å². The van der Waals surface area contributed by atoms with E-state index in [0.717, 1.165) is 5.69 Å². The molecular weight excluding hydrogens is 298 g/mol. The van der Waals surface area contributed by atoms with Gasteiger partial charge in [0.05, 0.1) is 5.69 Å². The van der Waals surface area contributed by atoms with Crippen LogP contribution in [0.5, 0.6) is 0 Å². The molecule has 2 heterocycles. The quantitative estimate of drug-likeness (QED) is 0.420. The van der Waals surface area contributed by atoms with Crippen molar-refractivity contribution in [1.29, 1.82) is 0 Å². The van der Waals surface area contributed by atoms with Gasteiger partial charge in [-0.1, -0.05) is 42.5 Å². The maximum Gasteiger partial charge on any atom is 0.0722 e. The van der Waals surface area contributed by atoms with Gasteiger partial charge in [0, 0.05) is 26.7 Å². The van der Waals surface area contributed by atoms with Crippen LogP contribution >= 0.6 is 11.3 Å². The Morgan fingerprint density at radius 1 is 0.870 bits per heavy atom. The lowest BCUT2D eigenvalue weighted by molar-refractivity contribution is 0.700. The number of aromatic nitrogens is 1. The van der Waals surface area contributed by atoms with E-state index in [1.54, 1.807) is 10.4 Å². The van der Waals surface area contributed by atoms with E-state index in [-0.39, 0.29) is 0 Å². The first-order valence-corrected chi connectivity index (χ1v) is 9.10. The molecule has 0 atom stereocenters. The largest absolute Gasteiger partial charge is 0.256 e. The van der Waals surface area contributed by atoms with Gasteiger partial charge in [-0.05, 0) is 48.1 Å². The standard InChI is InChI=1S/C21H17NS/c1-2-7-15-13-22-19(12-14(15)6-1)18-10-5-9-17-16-8-3-4-11-20(16)23-21(17)18/h1-2,5-7,9-10,12-13H,3-4,8,11H2. The Hall–Kier alpha value is -2.19. The molecule has 0 unspecified atom stereocenters. The second kappa shape index (κ2) is 5.17. The Bertz CT molecular complexity index is 1030. The Balaban J connectivity index is 1.76. The fourth-order valence-electron chi connectivity index (χ4n) is 3.72. The Kier molecular flexibility index (Phi) is 2.98. The minimum atomic E-state index is 1.09. The third-order valence-electron chi connectivity index (χ3n) is 4.89. The summed E-state index contributed by atoms with van der Waals surface area (Å²) in [7, 11) is 0. The lowest BCUT2D eigenvalue weighted by Crippen LogP contribution is -1.97. The Morgan fingerprint density at radius 2 is 1.74 bits per heavy atom. The first-order valence-electron chi connectivity index (χ1n) is 8.28. The molecule has 0 saturated carbocycles. The Labute approximate surface area is 139 Å². The molecular formula is C21H17NS. The molecule has 4 aromatic rings. The molecule has 0 saturated heterocycles. The van der Waals surface area contributed by atoms with Crippen LogP contribution in [0, 0.1) is 0 Å². The van der Waals surface area contributed by atoms with Gasteiger partial charge >= 0.3 is 0 Å². The summed E-state index contributed by atoms with van der Waals surface area (Å²) in [6.45, 7) is 0. The third-order valence-corrected chi connectivity index (χ3v) is 6.23. The number of benzene rings is 2. The van der Waals surface area contributed by atoms with E-state index in [1.807, 2.05) is 17.5 Å². The lowest BCUT2D eigenvalue weighted by atomic mass is 9.95. The van der Waals surface area contributed by atoms with E-state index in [1.165, 1.54) is 52.1 Å². The van der Waals surface area contributed by atoms with Gasteiger partial charge in [0.15, 0.2) is 0 Å². The molecule has 0 aliphatic heterocycles. The number of nitrogens with zero attached hydrogens (tertiary/aromatic N) is 1. The maximum absolute atomic E-state index is 4.74. The van der Waals surface area contributed by atoms with Crippen LogP contribution in [-0.4, -0.2) is 4.98 Å². The number of aryl methyl sites for hydroxylation is 2. The highest BCUT2D eigenvalue weighted by Gasteiger charge is 2.18. The summed E-state index contributed by atoms with van der Waals surface area (Å²) in [5, 5.41) is 3.92. The molecule has 5 rings (SSSR count). The normalized spacial score (nSPS) is 14.3. The molecule has 1 nitrogen and oxygen atoms in total. The first kappa shape index (κ1) is 13.3. The SMILES string of the molecule is c1ccc2cc(-c3cccc4c5c(sc34)CCCC5)ncc2c1. The van der Waals surface area contributed by atoms with Crippen molar-refractivity contribution in [1.82, 2.24) is 4.98 Å². The zero-order valence-electron chi connectivity index (χ0n) is 12.9. The average molecular weight is 315 g/mol. The molecule has 2 aromatic heterocycles. The minimum absolute atomic E-state index is 1.09. The zero-order valence-corrected chi connectivity index (χ0v) is 13.7. The van der Waals surface area contributed by atoms with Crippen LogP contribution in [0.1, 0.15) is 23.3 Å².